The monoisotopic (exact) mass is 305 g/mol. The zero-order valence-electron chi connectivity index (χ0n) is 11.5. The van der Waals surface area contributed by atoms with Gasteiger partial charge < -0.3 is 10.2 Å². The fourth-order valence-corrected chi connectivity index (χ4v) is 3.34. The molecule has 110 valence electrons. The van der Waals surface area contributed by atoms with E-state index in [9.17, 15) is 0 Å². The number of hydrogen-bond acceptors (Lipinski definition) is 6. The summed E-state index contributed by atoms with van der Waals surface area (Å²) in [4.78, 5) is 15.2. The molecule has 0 saturated carbocycles. The number of hydrogen-bond donors (Lipinski definition) is 1. The van der Waals surface area contributed by atoms with Gasteiger partial charge in [-0.05, 0) is 49.5 Å². The summed E-state index contributed by atoms with van der Waals surface area (Å²) in [6.07, 6.45) is 5.94. The summed E-state index contributed by atoms with van der Waals surface area (Å²) >= 11 is 6.01. The van der Waals surface area contributed by atoms with Crippen LogP contribution in [-0.2, 0) is 0 Å². The molecule has 21 heavy (non-hydrogen) atoms. The second-order valence-corrected chi connectivity index (χ2v) is 5.91. The van der Waals surface area contributed by atoms with Crippen LogP contribution in [0.15, 0.2) is 18.5 Å². The first-order valence-electron chi connectivity index (χ1n) is 7.18. The molecule has 0 amide bonds. The average molecular weight is 306 g/mol. The molecular weight excluding hydrogens is 290 g/mol. The van der Waals surface area contributed by atoms with Gasteiger partial charge in [-0.3, -0.25) is 0 Å². The zero-order valence-corrected chi connectivity index (χ0v) is 12.2. The molecule has 5 heterocycles. The fourth-order valence-electron chi connectivity index (χ4n) is 3.19. The zero-order chi connectivity index (χ0) is 14.2. The molecule has 7 nitrogen and oxygen atoms in total. The third-order valence-corrected chi connectivity index (χ3v) is 4.45. The summed E-state index contributed by atoms with van der Waals surface area (Å²) in [5.74, 6) is 1.65. The van der Waals surface area contributed by atoms with Gasteiger partial charge in [0.05, 0.1) is 0 Å². The quantitative estimate of drug-likeness (QED) is 0.919. The lowest BCUT2D eigenvalue weighted by Crippen LogP contribution is -2.53. The van der Waals surface area contributed by atoms with E-state index < -0.39 is 0 Å². The molecular formula is C13H16ClN7. The Kier molecular flexibility index (Phi) is 3.23. The highest BCUT2D eigenvalue weighted by molar-refractivity contribution is 6.28. The molecule has 0 radical (unpaired) electrons. The van der Waals surface area contributed by atoms with E-state index in [0.717, 1.165) is 6.54 Å². The van der Waals surface area contributed by atoms with E-state index in [-0.39, 0.29) is 5.28 Å². The summed E-state index contributed by atoms with van der Waals surface area (Å²) in [5.41, 5.74) is 0. The highest BCUT2D eigenvalue weighted by atomic mass is 35.5. The predicted octanol–water partition coefficient (Wildman–Crippen LogP) is 1.22. The summed E-state index contributed by atoms with van der Waals surface area (Å²) in [7, 11) is 0. The van der Waals surface area contributed by atoms with Crippen LogP contribution in [0.25, 0.3) is 5.95 Å². The number of anilines is 1. The number of rotatable bonds is 3. The smallest absolute Gasteiger partial charge is 0.256 e. The molecule has 8 heteroatoms. The molecule has 1 N–H and O–H groups in total. The van der Waals surface area contributed by atoms with Gasteiger partial charge in [-0.25, -0.2) is 4.68 Å². The Morgan fingerprint density at radius 1 is 1.19 bits per heavy atom. The van der Waals surface area contributed by atoms with Gasteiger partial charge in [0.2, 0.25) is 11.2 Å². The highest BCUT2D eigenvalue weighted by Crippen LogP contribution is 2.29. The van der Waals surface area contributed by atoms with Crippen molar-refractivity contribution in [2.45, 2.75) is 18.9 Å². The molecule has 1 unspecified atom stereocenters. The molecule has 1 atom stereocenters. The Labute approximate surface area is 127 Å². The maximum absolute atomic E-state index is 6.01. The number of nitrogens with zero attached hydrogens (tertiary/aromatic N) is 6. The summed E-state index contributed by atoms with van der Waals surface area (Å²) in [5, 5.41) is 7.73. The van der Waals surface area contributed by atoms with Gasteiger partial charge in [-0.1, -0.05) is 0 Å². The van der Waals surface area contributed by atoms with Crippen LogP contribution in [0.5, 0.6) is 0 Å². The molecule has 5 rings (SSSR count). The van der Waals surface area contributed by atoms with E-state index in [0.29, 0.717) is 23.9 Å². The van der Waals surface area contributed by atoms with Crippen molar-refractivity contribution in [2.75, 3.05) is 25.0 Å². The molecule has 2 aromatic heterocycles. The number of fused-ring (bicyclic) bond motifs is 3. The number of halogens is 1. The fraction of sp³-hybridized carbons (Fsp3) is 0.538. The van der Waals surface area contributed by atoms with E-state index in [4.69, 9.17) is 11.6 Å². The molecule has 2 bridgehead atoms. The normalized spacial score (nSPS) is 27.8. The Hall–Kier alpha value is -1.73. The standard InChI is InChI=1S/C13H16ClN7/c14-11-17-12(19-13(18-11)21-5-1-4-15-21)16-10-8-20-6-2-9(10)3-7-20/h1,4-5,9-10H,2-3,6-8H2,(H,16,17,18,19). The minimum atomic E-state index is 0.180. The minimum Gasteiger partial charge on any atom is -0.350 e. The van der Waals surface area contributed by atoms with Crippen molar-refractivity contribution < 1.29 is 0 Å². The van der Waals surface area contributed by atoms with Crippen molar-refractivity contribution >= 4 is 17.5 Å². The Morgan fingerprint density at radius 2 is 2.05 bits per heavy atom. The van der Waals surface area contributed by atoms with Gasteiger partial charge in [0.1, 0.15) is 0 Å². The van der Waals surface area contributed by atoms with Crippen molar-refractivity contribution in [1.82, 2.24) is 29.6 Å². The van der Waals surface area contributed by atoms with Crippen LogP contribution in [0.4, 0.5) is 5.95 Å². The van der Waals surface area contributed by atoms with E-state index >= 15 is 0 Å². The van der Waals surface area contributed by atoms with Crippen LogP contribution >= 0.6 is 11.6 Å². The molecule has 2 aromatic rings. The third-order valence-electron chi connectivity index (χ3n) is 4.28. The molecule has 0 spiro atoms. The number of piperidine rings is 3. The van der Waals surface area contributed by atoms with E-state index in [1.54, 1.807) is 17.1 Å². The number of aromatic nitrogens is 5. The van der Waals surface area contributed by atoms with Gasteiger partial charge in [0.15, 0.2) is 0 Å². The molecule has 3 aliphatic rings. The van der Waals surface area contributed by atoms with Gasteiger partial charge in [0.25, 0.3) is 5.95 Å². The second-order valence-electron chi connectivity index (χ2n) is 5.57. The lowest BCUT2D eigenvalue weighted by molar-refractivity contribution is 0.0972. The minimum absolute atomic E-state index is 0.180. The molecule has 0 aromatic carbocycles. The summed E-state index contributed by atoms with van der Waals surface area (Å²) in [6, 6.07) is 2.20. The average Bonchev–Trinajstić information content (AvgIpc) is 3.02. The van der Waals surface area contributed by atoms with E-state index in [2.05, 4.69) is 30.3 Å². The molecule has 3 aliphatic heterocycles. The first kappa shape index (κ1) is 13.0. The first-order chi connectivity index (χ1) is 10.3. The van der Waals surface area contributed by atoms with Crippen molar-refractivity contribution in [2.24, 2.45) is 5.92 Å². The van der Waals surface area contributed by atoms with Crippen molar-refractivity contribution in [3.8, 4) is 5.95 Å². The van der Waals surface area contributed by atoms with Crippen LogP contribution < -0.4 is 5.32 Å². The van der Waals surface area contributed by atoms with Crippen LogP contribution in [0.1, 0.15) is 12.8 Å². The van der Waals surface area contributed by atoms with Crippen LogP contribution in [-0.4, -0.2) is 55.3 Å². The SMILES string of the molecule is Clc1nc(NC2CN3CCC2CC3)nc(-n2cccn2)n1. The van der Waals surface area contributed by atoms with Crippen LogP contribution in [0.2, 0.25) is 5.28 Å². The summed E-state index contributed by atoms with van der Waals surface area (Å²) < 4.78 is 1.58. The predicted molar refractivity (Wildman–Crippen MR) is 78.5 cm³/mol. The van der Waals surface area contributed by atoms with Gasteiger partial charge in [-0.2, -0.15) is 20.1 Å². The van der Waals surface area contributed by atoms with E-state index in [1.807, 2.05) is 6.07 Å². The van der Waals surface area contributed by atoms with Gasteiger partial charge in [-0.15, -0.1) is 0 Å². The number of nitrogens with one attached hydrogen (secondary N) is 1. The Bertz CT molecular complexity index is 621. The van der Waals surface area contributed by atoms with Crippen LogP contribution in [0.3, 0.4) is 0 Å². The van der Waals surface area contributed by atoms with E-state index in [1.165, 1.54) is 25.9 Å². The Balaban J connectivity index is 1.58. The topological polar surface area (TPSA) is 71.8 Å². The maximum Gasteiger partial charge on any atom is 0.256 e. The molecule has 3 saturated heterocycles. The Morgan fingerprint density at radius 3 is 2.71 bits per heavy atom. The van der Waals surface area contributed by atoms with Crippen molar-refractivity contribution in [1.29, 1.82) is 0 Å². The van der Waals surface area contributed by atoms with Crippen molar-refractivity contribution in [3.63, 3.8) is 0 Å². The second kappa shape index (κ2) is 5.23. The highest BCUT2D eigenvalue weighted by Gasteiger charge is 2.34. The van der Waals surface area contributed by atoms with Gasteiger partial charge in [0, 0.05) is 25.0 Å². The lowest BCUT2D eigenvalue weighted by Gasteiger charge is -2.44. The van der Waals surface area contributed by atoms with Crippen LogP contribution in [0, 0.1) is 5.92 Å². The van der Waals surface area contributed by atoms with Crippen molar-refractivity contribution in [3.05, 3.63) is 23.7 Å². The largest absolute Gasteiger partial charge is 0.350 e. The summed E-state index contributed by atoms with van der Waals surface area (Å²) in [6.45, 7) is 3.46. The first-order valence-corrected chi connectivity index (χ1v) is 7.56. The molecule has 3 fully saturated rings. The molecule has 0 aliphatic carbocycles. The third kappa shape index (κ3) is 2.58. The lowest BCUT2D eigenvalue weighted by atomic mass is 9.84. The van der Waals surface area contributed by atoms with Gasteiger partial charge >= 0.3 is 0 Å². The maximum atomic E-state index is 6.01.